The van der Waals surface area contributed by atoms with Crippen molar-refractivity contribution in [2.24, 2.45) is 5.73 Å². The van der Waals surface area contributed by atoms with Crippen molar-refractivity contribution in [1.29, 1.82) is 0 Å². The SMILES string of the molecule is Cc1cc(S(=O)(=O)N2CCC(OCCCN)CC2)sc1Br. The van der Waals surface area contributed by atoms with Crippen molar-refractivity contribution < 1.29 is 13.2 Å². The van der Waals surface area contributed by atoms with E-state index in [9.17, 15) is 8.42 Å². The van der Waals surface area contributed by atoms with E-state index in [-0.39, 0.29) is 6.10 Å². The highest BCUT2D eigenvalue weighted by atomic mass is 79.9. The quantitative estimate of drug-likeness (QED) is 0.748. The van der Waals surface area contributed by atoms with Gasteiger partial charge in [0.05, 0.1) is 9.89 Å². The van der Waals surface area contributed by atoms with Gasteiger partial charge in [0.1, 0.15) is 4.21 Å². The molecule has 1 aliphatic rings. The molecule has 2 rings (SSSR count). The molecule has 120 valence electrons. The van der Waals surface area contributed by atoms with E-state index in [4.69, 9.17) is 10.5 Å². The summed E-state index contributed by atoms with van der Waals surface area (Å²) >= 11 is 4.66. The normalized spacial score (nSPS) is 18.2. The fraction of sp³-hybridized carbons (Fsp3) is 0.692. The third kappa shape index (κ3) is 4.27. The van der Waals surface area contributed by atoms with Crippen LogP contribution in [0.15, 0.2) is 14.1 Å². The maximum atomic E-state index is 12.6. The Labute approximate surface area is 138 Å². The molecule has 0 aliphatic carbocycles. The van der Waals surface area contributed by atoms with Crippen molar-refractivity contribution in [2.45, 2.75) is 36.5 Å². The van der Waals surface area contributed by atoms with Gasteiger partial charge in [0, 0.05) is 19.7 Å². The zero-order valence-corrected chi connectivity index (χ0v) is 15.3. The molecule has 0 aromatic carbocycles. The Morgan fingerprint density at radius 1 is 1.48 bits per heavy atom. The fourth-order valence-electron chi connectivity index (χ4n) is 2.26. The van der Waals surface area contributed by atoms with Crippen molar-refractivity contribution >= 4 is 37.3 Å². The summed E-state index contributed by atoms with van der Waals surface area (Å²) in [5, 5.41) is 0. The first-order valence-electron chi connectivity index (χ1n) is 7.03. The van der Waals surface area contributed by atoms with Gasteiger partial charge in [-0.05, 0) is 60.3 Å². The molecule has 0 bridgehead atoms. The highest BCUT2D eigenvalue weighted by molar-refractivity contribution is 9.11. The second-order valence-corrected chi connectivity index (χ2v) is 9.67. The maximum absolute atomic E-state index is 12.6. The molecule has 1 aliphatic heterocycles. The van der Waals surface area contributed by atoms with Gasteiger partial charge in [-0.15, -0.1) is 11.3 Å². The highest BCUT2D eigenvalue weighted by Crippen LogP contribution is 2.33. The minimum Gasteiger partial charge on any atom is -0.378 e. The Hall–Kier alpha value is 0.01000. The maximum Gasteiger partial charge on any atom is 0.252 e. The van der Waals surface area contributed by atoms with E-state index in [1.807, 2.05) is 6.92 Å². The zero-order chi connectivity index (χ0) is 15.5. The van der Waals surface area contributed by atoms with Crippen LogP contribution in [-0.4, -0.2) is 45.1 Å². The lowest BCUT2D eigenvalue weighted by atomic mass is 10.1. The van der Waals surface area contributed by atoms with Crippen LogP contribution in [0, 0.1) is 6.92 Å². The van der Waals surface area contributed by atoms with E-state index in [1.165, 1.54) is 11.3 Å². The number of ether oxygens (including phenoxy) is 1. The van der Waals surface area contributed by atoms with Gasteiger partial charge < -0.3 is 10.5 Å². The van der Waals surface area contributed by atoms with Crippen molar-refractivity contribution in [3.05, 3.63) is 15.4 Å². The third-order valence-electron chi connectivity index (χ3n) is 3.53. The van der Waals surface area contributed by atoms with Gasteiger partial charge in [-0.1, -0.05) is 0 Å². The lowest BCUT2D eigenvalue weighted by Gasteiger charge is -2.30. The Morgan fingerprint density at radius 2 is 2.14 bits per heavy atom. The largest absolute Gasteiger partial charge is 0.378 e. The monoisotopic (exact) mass is 396 g/mol. The molecular formula is C13H21BrN2O3S2. The highest BCUT2D eigenvalue weighted by Gasteiger charge is 2.31. The first kappa shape index (κ1) is 17.4. The van der Waals surface area contributed by atoms with Crippen LogP contribution in [0.2, 0.25) is 0 Å². The number of hydrogen-bond donors (Lipinski definition) is 1. The van der Waals surface area contributed by atoms with Crippen LogP contribution in [-0.2, 0) is 14.8 Å². The molecule has 1 aromatic heterocycles. The standard InChI is InChI=1S/C13H21BrN2O3S2/c1-10-9-12(20-13(10)14)21(17,18)16-6-3-11(4-7-16)19-8-2-5-15/h9,11H,2-8,15H2,1H3. The summed E-state index contributed by atoms with van der Waals surface area (Å²) in [5.74, 6) is 0. The summed E-state index contributed by atoms with van der Waals surface area (Å²) in [7, 11) is -3.37. The Bertz CT molecular complexity index is 546. The molecule has 5 nitrogen and oxygen atoms in total. The Morgan fingerprint density at radius 3 is 2.67 bits per heavy atom. The summed E-state index contributed by atoms with van der Waals surface area (Å²) in [6, 6.07) is 1.73. The number of rotatable bonds is 6. The molecule has 8 heteroatoms. The zero-order valence-electron chi connectivity index (χ0n) is 12.0. The van der Waals surface area contributed by atoms with E-state index >= 15 is 0 Å². The van der Waals surface area contributed by atoms with Crippen LogP contribution in [0.3, 0.4) is 0 Å². The second kappa shape index (κ2) is 7.52. The average molecular weight is 397 g/mol. The number of thiophene rings is 1. The van der Waals surface area contributed by atoms with Crippen molar-refractivity contribution in [3.8, 4) is 0 Å². The molecule has 1 aromatic rings. The molecular weight excluding hydrogens is 376 g/mol. The van der Waals surface area contributed by atoms with Gasteiger partial charge in [-0.2, -0.15) is 4.31 Å². The number of piperidine rings is 1. The fourth-order valence-corrected chi connectivity index (χ4v) is 6.11. The number of hydrogen-bond acceptors (Lipinski definition) is 5. The number of nitrogens with zero attached hydrogens (tertiary/aromatic N) is 1. The predicted octanol–water partition coefficient (Wildman–Crippen LogP) is 2.34. The summed E-state index contributed by atoms with van der Waals surface area (Å²) in [4.78, 5) is 0. The van der Waals surface area contributed by atoms with Crippen LogP contribution < -0.4 is 5.73 Å². The van der Waals surface area contributed by atoms with Crippen LogP contribution in [0.25, 0.3) is 0 Å². The molecule has 0 radical (unpaired) electrons. The molecule has 1 fully saturated rings. The minimum atomic E-state index is -3.37. The third-order valence-corrected chi connectivity index (χ3v) is 8.02. The summed E-state index contributed by atoms with van der Waals surface area (Å²) in [6.45, 7) is 4.22. The number of aryl methyl sites for hydroxylation is 1. The number of halogens is 1. The van der Waals surface area contributed by atoms with Crippen molar-refractivity contribution in [1.82, 2.24) is 4.31 Å². The molecule has 2 N–H and O–H groups in total. The van der Waals surface area contributed by atoms with Crippen LogP contribution in [0.5, 0.6) is 0 Å². The van der Waals surface area contributed by atoms with Crippen molar-refractivity contribution in [3.63, 3.8) is 0 Å². The Balaban J connectivity index is 1.95. The smallest absolute Gasteiger partial charge is 0.252 e. The van der Waals surface area contributed by atoms with E-state index in [2.05, 4.69) is 15.9 Å². The van der Waals surface area contributed by atoms with E-state index in [0.29, 0.717) is 30.5 Å². The summed E-state index contributed by atoms with van der Waals surface area (Å²) < 4.78 is 33.7. The molecule has 2 heterocycles. The topological polar surface area (TPSA) is 72.6 Å². The van der Waals surface area contributed by atoms with Gasteiger partial charge in [-0.25, -0.2) is 8.42 Å². The molecule has 0 unspecified atom stereocenters. The van der Waals surface area contributed by atoms with E-state index in [0.717, 1.165) is 28.6 Å². The Kier molecular flexibility index (Phi) is 6.22. The van der Waals surface area contributed by atoms with E-state index < -0.39 is 10.0 Å². The van der Waals surface area contributed by atoms with Crippen LogP contribution in [0.4, 0.5) is 0 Å². The summed E-state index contributed by atoms with van der Waals surface area (Å²) in [5.41, 5.74) is 6.39. The van der Waals surface area contributed by atoms with E-state index in [1.54, 1.807) is 10.4 Å². The van der Waals surface area contributed by atoms with Crippen LogP contribution >= 0.6 is 27.3 Å². The first-order valence-corrected chi connectivity index (χ1v) is 10.1. The predicted molar refractivity (Wildman–Crippen MR) is 88.2 cm³/mol. The molecule has 1 saturated heterocycles. The molecule has 0 spiro atoms. The minimum absolute atomic E-state index is 0.153. The molecule has 0 amide bonds. The van der Waals surface area contributed by atoms with Gasteiger partial charge in [0.2, 0.25) is 0 Å². The summed E-state index contributed by atoms with van der Waals surface area (Å²) in [6.07, 6.45) is 2.49. The average Bonchev–Trinajstić information content (AvgIpc) is 2.80. The van der Waals surface area contributed by atoms with Gasteiger partial charge in [0.15, 0.2) is 0 Å². The number of nitrogens with two attached hydrogens (primary N) is 1. The van der Waals surface area contributed by atoms with Crippen molar-refractivity contribution in [2.75, 3.05) is 26.2 Å². The van der Waals surface area contributed by atoms with Gasteiger partial charge in [-0.3, -0.25) is 0 Å². The van der Waals surface area contributed by atoms with Gasteiger partial charge in [0.25, 0.3) is 10.0 Å². The molecule has 0 atom stereocenters. The number of sulfonamides is 1. The lowest BCUT2D eigenvalue weighted by Crippen LogP contribution is -2.40. The first-order chi connectivity index (χ1) is 9.95. The molecule has 0 saturated carbocycles. The van der Waals surface area contributed by atoms with Gasteiger partial charge >= 0.3 is 0 Å². The molecule has 21 heavy (non-hydrogen) atoms. The second-order valence-electron chi connectivity index (χ2n) is 5.14. The lowest BCUT2D eigenvalue weighted by molar-refractivity contribution is 0.0209. The van der Waals surface area contributed by atoms with Crippen LogP contribution in [0.1, 0.15) is 24.8 Å².